The average molecular weight is 200 g/mol. The SMILES string of the molecule is O=C=NC(CF)c1cccc(Cl)c1. The van der Waals surface area contributed by atoms with Crippen molar-refractivity contribution in [3.05, 3.63) is 34.9 Å². The highest BCUT2D eigenvalue weighted by Gasteiger charge is 2.09. The molecule has 1 aromatic rings. The summed E-state index contributed by atoms with van der Waals surface area (Å²) in [5.74, 6) is 0. The van der Waals surface area contributed by atoms with E-state index in [1.807, 2.05) is 0 Å². The zero-order chi connectivity index (χ0) is 9.68. The van der Waals surface area contributed by atoms with Gasteiger partial charge in [0.25, 0.3) is 0 Å². The molecule has 0 spiro atoms. The molecule has 0 amide bonds. The minimum Gasteiger partial charge on any atom is -0.248 e. The Morgan fingerprint density at radius 2 is 2.38 bits per heavy atom. The highest BCUT2D eigenvalue weighted by molar-refractivity contribution is 6.30. The second-order valence-electron chi connectivity index (χ2n) is 2.45. The van der Waals surface area contributed by atoms with Crippen LogP contribution in [0.1, 0.15) is 11.6 Å². The van der Waals surface area contributed by atoms with Gasteiger partial charge in [-0.05, 0) is 17.7 Å². The van der Waals surface area contributed by atoms with Crippen LogP contribution in [0.5, 0.6) is 0 Å². The molecule has 0 heterocycles. The summed E-state index contributed by atoms with van der Waals surface area (Å²) in [7, 11) is 0. The van der Waals surface area contributed by atoms with E-state index < -0.39 is 12.7 Å². The minimum atomic E-state index is -0.781. The van der Waals surface area contributed by atoms with Crippen LogP contribution in [0.15, 0.2) is 29.3 Å². The Balaban J connectivity index is 2.97. The maximum atomic E-state index is 12.3. The smallest absolute Gasteiger partial charge is 0.235 e. The number of rotatable bonds is 3. The predicted octanol–water partition coefficient (Wildman–Crippen LogP) is 2.69. The lowest BCUT2D eigenvalue weighted by atomic mass is 10.1. The second kappa shape index (κ2) is 4.75. The Morgan fingerprint density at radius 1 is 1.62 bits per heavy atom. The Labute approximate surface area is 80.1 Å². The first-order chi connectivity index (χ1) is 6.27. The summed E-state index contributed by atoms with van der Waals surface area (Å²) in [4.78, 5) is 13.3. The van der Waals surface area contributed by atoms with Gasteiger partial charge in [0.15, 0.2) is 0 Å². The third kappa shape index (κ3) is 2.65. The molecule has 0 fully saturated rings. The molecule has 0 aliphatic rings. The van der Waals surface area contributed by atoms with E-state index in [1.165, 1.54) is 6.08 Å². The van der Waals surface area contributed by atoms with Crippen LogP contribution >= 0.6 is 11.6 Å². The van der Waals surface area contributed by atoms with Gasteiger partial charge < -0.3 is 0 Å². The summed E-state index contributed by atoms with van der Waals surface area (Å²) in [5.41, 5.74) is 0.582. The highest BCUT2D eigenvalue weighted by Crippen LogP contribution is 2.20. The summed E-state index contributed by atoms with van der Waals surface area (Å²) >= 11 is 5.68. The van der Waals surface area contributed by atoms with Gasteiger partial charge in [-0.15, -0.1) is 0 Å². The van der Waals surface area contributed by atoms with Crippen molar-refractivity contribution < 1.29 is 9.18 Å². The molecule has 0 saturated heterocycles. The van der Waals surface area contributed by atoms with Crippen molar-refractivity contribution in [3.8, 4) is 0 Å². The van der Waals surface area contributed by atoms with Crippen molar-refractivity contribution in [3.63, 3.8) is 0 Å². The quantitative estimate of drug-likeness (QED) is 0.544. The van der Waals surface area contributed by atoms with E-state index in [-0.39, 0.29) is 0 Å². The summed E-state index contributed by atoms with van der Waals surface area (Å²) < 4.78 is 12.3. The van der Waals surface area contributed by atoms with Gasteiger partial charge in [0.1, 0.15) is 12.7 Å². The van der Waals surface area contributed by atoms with Gasteiger partial charge >= 0.3 is 0 Å². The molecule has 1 unspecified atom stereocenters. The molecule has 0 saturated carbocycles. The number of hydrogen-bond acceptors (Lipinski definition) is 2. The lowest BCUT2D eigenvalue weighted by Crippen LogP contribution is -1.96. The van der Waals surface area contributed by atoms with Gasteiger partial charge in [0.2, 0.25) is 6.08 Å². The Hall–Kier alpha value is -1.18. The van der Waals surface area contributed by atoms with Gasteiger partial charge in [0.05, 0.1) is 0 Å². The number of alkyl halides is 1. The molecule has 0 bridgehead atoms. The van der Waals surface area contributed by atoms with Crippen molar-refractivity contribution in [1.82, 2.24) is 0 Å². The first kappa shape index (κ1) is 9.90. The molecule has 4 heteroatoms. The van der Waals surface area contributed by atoms with Crippen LogP contribution in [0, 0.1) is 0 Å². The molecule has 0 N–H and O–H groups in total. The maximum absolute atomic E-state index is 12.3. The molecule has 0 aliphatic carbocycles. The molecule has 0 aromatic heterocycles. The largest absolute Gasteiger partial charge is 0.248 e. The van der Waals surface area contributed by atoms with E-state index >= 15 is 0 Å². The number of nitrogens with zero attached hydrogens (tertiary/aromatic N) is 1. The summed E-state index contributed by atoms with van der Waals surface area (Å²) in [6.07, 6.45) is 1.33. The minimum absolute atomic E-state index is 0.497. The third-order valence-electron chi connectivity index (χ3n) is 1.59. The van der Waals surface area contributed by atoms with Crippen LogP contribution in [-0.4, -0.2) is 12.8 Å². The molecule has 0 radical (unpaired) electrons. The lowest BCUT2D eigenvalue weighted by molar-refractivity contribution is 0.436. The number of hydrogen-bond donors (Lipinski definition) is 0. The fraction of sp³-hybridized carbons (Fsp3) is 0.222. The third-order valence-corrected chi connectivity index (χ3v) is 1.82. The summed E-state index contributed by atoms with van der Waals surface area (Å²) in [6, 6.07) is 5.81. The highest BCUT2D eigenvalue weighted by atomic mass is 35.5. The van der Waals surface area contributed by atoms with Gasteiger partial charge in [-0.3, -0.25) is 0 Å². The topological polar surface area (TPSA) is 29.4 Å². The van der Waals surface area contributed by atoms with Crippen LogP contribution in [0.2, 0.25) is 5.02 Å². The molecule has 1 atom stereocenters. The first-order valence-electron chi connectivity index (χ1n) is 3.66. The van der Waals surface area contributed by atoms with Crippen LogP contribution in [0.25, 0.3) is 0 Å². The Morgan fingerprint density at radius 3 is 2.92 bits per heavy atom. The maximum Gasteiger partial charge on any atom is 0.235 e. The van der Waals surface area contributed by atoms with Crippen LogP contribution < -0.4 is 0 Å². The molecule has 68 valence electrons. The monoisotopic (exact) mass is 199 g/mol. The Bertz CT molecular complexity index is 336. The summed E-state index contributed by atoms with van der Waals surface area (Å²) in [6.45, 7) is -0.727. The van der Waals surface area contributed by atoms with E-state index in [9.17, 15) is 9.18 Å². The van der Waals surface area contributed by atoms with Crippen LogP contribution in [-0.2, 0) is 4.79 Å². The van der Waals surface area contributed by atoms with Gasteiger partial charge in [-0.1, -0.05) is 23.7 Å². The summed E-state index contributed by atoms with van der Waals surface area (Å²) in [5, 5.41) is 0.497. The molecule has 0 aliphatic heterocycles. The lowest BCUT2D eigenvalue weighted by Gasteiger charge is -2.05. The van der Waals surface area contributed by atoms with E-state index in [4.69, 9.17) is 11.6 Å². The van der Waals surface area contributed by atoms with Gasteiger partial charge in [0, 0.05) is 5.02 Å². The first-order valence-corrected chi connectivity index (χ1v) is 4.04. The van der Waals surface area contributed by atoms with Crippen molar-refractivity contribution in [1.29, 1.82) is 0 Å². The molecule has 1 aromatic carbocycles. The van der Waals surface area contributed by atoms with E-state index in [0.717, 1.165) is 0 Å². The van der Waals surface area contributed by atoms with E-state index in [0.29, 0.717) is 10.6 Å². The van der Waals surface area contributed by atoms with Crippen LogP contribution in [0.3, 0.4) is 0 Å². The normalized spacial score (nSPS) is 11.8. The van der Waals surface area contributed by atoms with Gasteiger partial charge in [-0.25, -0.2) is 9.18 Å². The fourth-order valence-corrected chi connectivity index (χ4v) is 1.17. The zero-order valence-electron chi connectivity index (χ0n) is 6.71. The molecule has 2 nitrogen and oxygen atoms in total. The zero-order valence-corrected chi connectivity index (χ0v) is 7.46. The number of isocyanates is 1. The molecular weight excluding hydrogens is 193 g/mol. The van der Waals surface area contributed by atoms with Crippen molar-refractivity contribution in [2.45, 2.75) is 6.04 Å². The standard InChI is InChI=1S/C9H7ClFNO/c10-8-3-1-2-7(4-8)9(5-11)12-6-13/h1-4,9H,5H2. The molecule has 13 heavy (non-hydrogen) atoms. The van der Waals surface area contributed by atoms with Crippen molar-refractivity contribution in [2.75, 3.05) is 6.67 Å². The predicted molar refractivity (Wildman–Crippen MR) is 48.3 cm³/mol. The number of carbonyl (C=O) groups excluding carboxylic acids is 1. The molecule has 1 rings (SSSR count). The second-order valence-corrected chi connectivity index (χ2v) is 2.88. The van der Waals surface area contributed by atoms with E-state index in [1.54, 1.807) is 24.3 Å². The average Bonchev–Trinajstić information content (AvgIpc) is 2.14. The Kier molecular flexibility index (Phi) is 3.62. The number of aliphatic imine (C=N–C) groups is 1. The van der Waals surface area contributed by atoms with Crippen LogP contribution in [0.4, 0.5) is 4.39 Å². The van der Waals surface area contributed by atoms with E-state index in [2.05, 4.69) is 4.99 Å². The van der Waals surface area contributed by atoms with Crippen molar-refractivity contribution in [2.24, 2.45) is 4.99 Å². The fourth-order valence-electron chi connectivity index (χ4n) is 0.976. The molecular formula is C9H7ClFNO. The number of benzene rings is 1. The number of halogens is 2. The van der Waals surface area contributed by atoms with Crippen molar-refractivity contribution >= 4 is 17.7 Å². The van der Waals surface area contributed by atoms with Gasteiger partial charge in [-0.2, -0.15) is 4.99 Å².